The van der Waals surface area contributed by atoms with Crippen molar-refractivity contribution < 1.29 is 17.9 Å². The van der Waals surface area contributed by atoms with Crippen LogP contribution in [0.1, 0.15) is 38.8 Å². The lowest BCUT2D eigenvalue weighted by Crippen LogP contribution is -2.27. The summed E-state index contributed by atoms with van der Waals surface area (Å²) in [5.41, 5.74) is 1.30. The van der Waals surface area contributed by atoms with Crippen molar-refractivity contribution in [3.8, 4) is 0 Å². The Morgan fingerprint density at radius 3 is 2.55 bits per heavy atom. The largest absolute Gasteiger partial charge is 0.378 e. The van der Waals surface area contributed by atoms with Crippen LogP contribution >= 0.6 is 0 Å². The molecule has 0 aromatic heterocycles. The highest BCUT2D eigenvalue weighted by Gasteiger charge is 2.11. The lowest BCUT2D eigenvalue weighted by atomic mass is 10.1. The first-order valence-corrected chi connectivity index (χ1v) is 9.05. The van der Waals surface area contributed by atoms with E-state index in [1.54, 1.807) is 18.2 Å². The van der Waals surface area contributed by atoms with E-state index < -0.39 is 10.0 Å². The molecule has 0 fully saturated rings. The van der Waals surface area contributed by atoms with E-state index >= 15 is 0 Å². The van der Waals surface area contributed by atoms with Crippen molar-refractivity contribution in [2.75, 3.05) is 17.6 Å². The molecule has 1 atom stereocenters. The van der Waals surface area contributed by atoms with Crippen LogP contribution in [0.25, 0.3) is 0 Å². The number of amides is 1. The zero-order valence-corrected chi connectivity index (χ0v) is 14.2. The zero-order valence-electron chi connectivity index (χ0n) is 13.4. The minimum Gasteiger partial charge on any atom is -0.378 e. The minimum absolute atomic E-state index is 0.101. The molecule has 0 radical (unpaired) electrons. The van der Waals surface area contributed by atoms with E-state index in [-0.39, 0.29) is 18.1 Å². The van der Waals surface area contributed by atoms with Gasteiger partial charge in [0.1, 0.15) is 0 Å². The van der Waals surface area contributed by atoms with Crippen LogP contribution in [0.4, 0.5) is 5.69 Å². The van der Waals surface area contributed by atoms with E-state index in [0.29, 0.717) is 18.7 Å². The number of ether oxygens (including phenoxy) is 1. The molecular formula is C15H24N2O4S. The standard InChI is InChI=1S/C15H24N2O4S/c1-11(2)21-9-8-15(18)16-12(3)13-6-5-7-14(10-13)17-22(4,19)20/h5-7,10-12,17H,8-9H2,1-4H3,(H,16,18)/t12-/m0/s1. The SMILES string of the molecule is CC(C)OCCC(=O)N[C@@H](C)c1cccc(NS(C)(=O)=O)c1. The highest BCUT2D eigenvalue weighted by atomic mass is 32.2. The number of rotatable bonds is 8. The van der Waals surface area contributed by atoms with Crippen molar-refractivity contribution in [3.05, 3.63) is 29.8 Å². The van der Waals surface area contributed by atoms with E-state index in [2.05, 4.69) is 10.0 Å². The minimum atomic E-state index is -3.32. The summed E-state index contributed by atoms with van der Waals surface area (Å²) in [4.78, 5) is 11.8. The molecule has 0 heterocycles. The number of hydrogen-bond acceptors (Lipinski definition) is 4. The Hall–Kier alpha value is -1.60. The number of sulfonamides is 1. The van der Waals surface area contributed by atoms with Gasteiger partial charge in [0.2, 0.25) is 15.9 Å². The Bertz CT molecular complexity index is 599. The molecule has 0 saturated heterocycles. The molecule has 22 heavy (non-hydrogen) atoms. The highest BCUT2D eigenvalue weighted by Crippen LogP contribution is 2.18. The Balaban J connectivity index is 2.60. The van der Waals surface area contributed by atoms with Gasteiger partial charge in [-0.15, -0.1) is 0 Å². The van der Waals surface area contributed by atoms with Gasteiger partial charge in [0.15, 0.2) is 0 Å². The maximum absolute atomic E-state index is 11.8. The summed E-state index contributed by atoms with van der Waals surface area (Å²) >= 11 is 0. The fourth-order valence-corrected chi connectivity index (χ4v) is 2.43. The first-order chi connectivity index (χ1) is 10.2. The summed E-state index contributed by atoms with van der Waals surface area (Å²) in [6.45, 7) is 6.06. The molecule has 0 bridgehead atoms. The molecule has 2 N–H and O–H groups in total. The van der Waals surface area contributed by atoms with Crippen molar-refractivity contribution in [3.63, 3.8) is 0 Å². The zero-order chi connectivity index (χ0) is 16.8. The summed E-state index contributed by atoms with van der Waals surface area (Å²) in [7, 11) is -3.32. The first kappa shape index (κ1) is 18.4. The first-order valence-electron chi connectivity index (χ1n) is 7.16. The second-order valence-corrected chi connectivity index (χ2v) is 7.21. The number of anilines is 1. The van der Waals surface area contributed by atoms with Gasteiger partial charge in [-0.3, -0.25) is 9.52 Å². The molecule has 7 heteroatoms. The van der Waals surface area contributed by atoms with Crippen molar-refractivity contribution in [2.24, 2.45) is 0 Å². The molecule has 1 aromatic rings. The molecule has 1 amide bonds. The molecule has 0 unspecified atom stereocenters. The maximum Gasteiger partial charge on any atom is 0.229 e. The molecule has 0 aliphatic carbocycles. The fraction of sp³-hybridized carbons (Fsp3) is 0.533. The van der Waals surface area contributed by atoms with Crippen LogP contribution in [-0.4, -0.2) is 33.3 Å². The van der Waals surface area contributed by atoms with Crippen LogP contribution in [0.2, 0.25) is 0 Å². The van der Waals surface area contributed by atoms with Gasteiger partial charge < -0.3 is 10.1 Å². The summed E-state index contributed by atoms with van der Waals surface area (Å²) < 4.78 is 30.2. The number of benzene rings is 1. The van der Waals surface area contributed by atoms with Crippen LogP contribution in [0.15, 0.2) is 24.3 Å². The molecular weight excluding hydrogens is 304 g/mol. The van der Waals surface area contributed by atoms with Gasteiger partial charge in [0, 0.05) is 12.1 Å². The van der Waals surface area contributed by atoms with Gasteiger partial charge in [-0.2, -0.15) is 0 Å². The Labute approximate surface area is 132 Å². The molecule has 0 saturated carbocycles. The number of carbonyl (C=O) groups is 1. The smallest absolute Gasteiger partial charge is 0.229 e. The van der Waals surface area contributed by atoms with Gasteiger partial charge in [-0.1, -0.05) is 12.1 Å². The second-order valence-electron chi connectivity index (χ2n) is 5.46. The Kier molecular flexibility index (Phi) is 6.83. The average Bonchev–Trinajstić information content (AvgIpc) is 2.36. The molecule has 1 aromatic carbocycles. The van der Waals surface area contributed by atoms with Crippen molar-refractivity contribution in [1.29, 1.82) is 0 Å². The molecule has 0 aliphatic heterocycles. The monoisotopic (exact) mass is 328 g/mol. The van der Waals surface area contributed by atoms with Crippen LogP contribution in [0, 0.1) is 0 Å². The molecule has 0 spiro atoms. The van der Waals surface area contributed by atoms with Gasteiger partial charge in [-0.25, -0.2) is 8.42 Å². The van der Waals surface area contributed by atoms with Crippen LogP contribution in [0.3, 0.4) is 0 Å². The molecule has 1 rings (SSSR count). The van der Waals surface area contributed by atoms with Crippen molar-refractivity contribution in [2.45, 2.75) is 39.3 Å². The van der Waals surface area contributed by atoms with Gasteiger partial charge in [0.05, 0.1) is 25.0 Å². The van der Waals surface area contributed by atoms with Crippen LogP contribution in [-0.2, 0) is 19.6 Å². The molecule has 6 nitrogen and oxygen atoms in total. The Morgan fingerprint density at radius 1 is 1.27 bits per heavy atom. The fourth-order valence-electron chi connectivity index (χ4n) is 1.87. The topological polar surface area (TPSA) is 84.5 Å². The normalized spacial score (nSPS) is 13.0. The van der Waals surface area contributed by atoms with Crippen LogP contribution in [0.5, 0.6) is 0 Å². The van der Waals surface area contributed by atoms with E-state index in [1.807, 2.05) is 26.8 Å². The van der Waals surface area contributed by atoms with E-state index in [9.17, 15) is 13.2 Å². The van der Waals surface area contributed by atoms with Gasteiger partial charge in [0.25, 0.3) is 0 Å². The molecule has 0 aliphatic rings. The lowest BCUT2D eigenvalue weighted by Gasteiger charge is -2.16. The van der Waals surface area contributed by atoms with Crippen molar-refractivity contribution >= 4 is 21.6 Å². The van der Waals surface area contributed by atoms with E-state index in [4.69, 9.17) is 4.74 Å². The summed E-state index contributed by atoms with van der Waals surface area (Å²) in [6, 6.07) is 6.73. The number of hydrogen-bond donors (Lipinski definition) is 2. The maximum atomic E-state index is 11.8. The predicted octanol–water partition coefficient (Wildman–Crippen LogP) is 2.05. The lowest BCUT2D eigenvalue weighted by molar-refractivity contribution is -0.123. The van der Waals surface area contributed by atoms with Crippen LogP contribution < -0.4 is 10.0 Å². The number of nitrogens with one attached hydrogen (secondary N) is 2. The third-order valence-corrected chi connectivity index (χ3v) is 3.45. The quantitative estimate of drug-likeness (QED) is 0.765. The second kappa shape index (κ2) is 8.14. The molecule has 124 valence electrons. The summed E-state index contributed by atoms with van der Waals surface area (Å²) in [5, 5.41) is 2.86. The Morgan fingerprint density at radius 2 is 1.95 bits per heavy atom. The van der Waals surface area contributed by atoms with Crippen molar-refractivity contribution in [1.82, 2.24) is 5.32 Å². The number of carbonyl (C=O) groups excluding carboxylic acids is 1. The van der Waals surface area contributed by atoms with Gasteiger partial charge in [-0.05, 0) is 38.5 Å². The average molecular weight is 328 g/mol. The summed E-state index contributed by atoms with van der Waals surface area (Å²) in [5.74, 6) is -0.102. The van der Waals surface area contributed by atoms with E-state index in [0.717, 1.165) is 11.8 Å². The predicted molar refractivity (Wildman–Crippen MR) is 87.2 cm³/mol. The highest BCUT2D eigenvalue weighted by molar-refractivity contribution is 7.92. The van der Waals surface area contributed by atoms with Gasteiger partial charge >= 0.3 is 0 Å². The van der Waals surface area contributed by atoms with E-state index in [1.165, 1.54) is 0 Å². The third-order valence-electron chi connectivity index (χ3n) is 2.85. The summed E-state index contributed by atoms with van der Waals surface area (Å²) in [6.07, 6.45) is 1.49. The third kappa shape index (κ3) is 7.42.